The van der Waals surface area contributed by atoms with E-state index < -0.39 is 21.7 Å². The van der Waals surface area contributed by atoms with Gasteiger partial charge in [-0.15, -0.1) is 0 Å². The fourth-order valence-corrected chi connectivity index (χ4v) is 2.00. The molecule has 0 bridgehead atoms. The number of rotatable bonds is 6. The van der Waals surface area contributed by atoms with Gasteiger partial charge in [-0.2, -0.15) is 5.26 Å². The third-order valence-electron chi connectivity index (χ3n) is 1.57. The minimum atomic E-state index is -3.61. The molecular weight excluding hydrogens is 208 g/mol. The molecule has 1 N–H and O–H groups in total. The first-order chi connectivity index (χ1) is 6.44. The van der Waals surface area contributed by atoms with Crippen LogP contribution in [0, 0.1) is 11.3 Å². The van der Waals surface area contributed by atoms with Gasteiger partial charge in [0.05, 0.1) is 12.5 Å². The zero-order chi connectivity index (χ0) is 11.2. The van der Waals surface area contributed by atoms with Gasteiger partial charge in [0.15, 0.2) is 5.75 Å². The van der Waals surface area contributed by atoms with Gasteiger partial charge in [0.25, 0.3) is 0 Å². The molecule has 0 amide bonds. The Balaban J connectivity index is 4.42. The number of carboxylic acid groups (broad SMARTS) is 1. The largest absolute Gasteiger partial charge is 0.481 e. The van der Waals surface area contributed by atoms with Crippen molar-refractivity contribution in [2.45, 2.75) is 13.3 Å². The Morgan fingerprint density at radius 3 is 2.50 bits per heavy atom. The summed E-state index contributed by atoms with van der Waals surface area (Å²) in [6.07, 6.45) is -0.251. The molecule has 0 aromatic heterocycles. The van der Waals surface area contributed by atoms with Crippen LogP contribution >= 0.6 is 0 Å². The van der Waals surface area contributed by atoms with Crippen molar-refractivity contribution in [3.8, 4) is 6.07 Å². The normalized spacial score (nSPS) is 11.2. The van der Waals surface area contributed by atoms with E-state index in [4.69, 9.17) is 10.4 Å². The molecule has 0 spiro atoms. The maximum absolute atomic E-state index is 11.3. The molecule has 0 aromatic rings. The van der Waals surface area contributed by atoms with Gasteiger partial charge in [0.1, 0.15) is 0 Å². The summed E-state index contributed by atoms with van der Waals surface area (Å²) in [5.41, 5.74) is 0. The van der Waals surface area contributed by atoms with E-state index in [2.05, 4.69) is 0 Å². The minimum absolute atomic E-state index is 0.0875. The number of sulfonamides is 1. The van der Waals surface area contributed by atoms with Crippen LogP contribution in [0.15, 0.2) is 0 Å². The number of nitriles is 1. The molecule has 0 aliphatic rings. The third-order valence-corrected chi connectivity index (χ3v) is 3.29. The molecular formula is C7H12N2O4S. The molecule has 6 nitrogen and oxygen atoms in total. The van der Waals surface area contributed by atoms with Crippen molar-refractivity contribution in [2.75, 3.05) is 18.8 Å². The Morgan fingerprint density at radius 2 is 2.14 bits per heavy atom. The van der Waals surface area contributed by atoms with Gasteiger partial charge >= 0.3 is 5.97 Å². The summed E-state index contributed by atoms with van der Waals surface area (Å²) in [6, 6.07) is 1.53. The van der Waals surface area contributed by atoms with Crippen molar-refractivity contribution in [2.24, 2.45) is 0 Å². The van der Waals surface area contributed by atoms with E-state index in [1.807, 2.05) is 0 Å². The molecule has 0 aliphatic heterocycles. The van der Waals surface area contributed by atoms with Crippen LogP contribution in [0.5, 0.6) is 0 Å². The van der Waals surface area contributed by atoms with Gasteiger partial charge in [-0.3, -0.25) is 4.79 Å². The Hall–Kier alpha value is -1.13. The summed E-state index contributed by atoms with van der Waals surface area (Å²) in [4.78, 5) is 10.2. The fraction of sp³-hybridized carbons (Fsp3) is 0.714. The smallest absolute Gasteiger partial charge is 0.304 e. The molecule has 0 saturated heterocycles. The van der Waals surface area contributed by atoms with Crippen LogP contribution in [0.2, 0.25) is 0 Å². The number of carbonyl (C=O) groups is 1. The third kappa shape index (κ3) is 4.20. The maximum atomic E-state index is 11.3. The standard InChI is InChI=1S/C7H12N2O4S/c1-2-9(5-3-7(10)11)14(12,13)6-4-8/h2-3,5-6H2,1H3,(H,10,11). The monoisotopic (exact) mass is 220 g/mol. The van der Waals surface area contributed by atoms with Crippen molar-refractivity contribution < 1.29 is 18.3 Å². The van der Waals surface area contributed by atoms with Gasteiger partial charge in [-0.05, 0) is 0 Å². The molecule has 0 unspecified atom stereocenters. The lowest BCUT2D eigenvalue weighted by Gasteiger charge is -2.17. The molecule has 0 fully saturated rings. The number of carboxylic acids is 1. The highest BCUT2D eigenvalue weighted by Crippen LogP contribution is 2.01. The average Bonchev–Trinajstić information content (AvgIpc) is 2.03. The highest BCUT2D eigenvalue weighted by atomic mass is 32.2. The topological polar surface area (TPSA) is 98.5 Å². The van der Waals surface area contributed by atoms with E-state index in [9.17, 15) is 13.2 Å². The minimum Gasteiger partial charge on any atom is -0.481 e. The van der Waals surface area contributed by atoms with Crippen molar-refractivity contribution in [3.63, 3.8) is 0 Å². The molecule has 0 atom stereocenters. The summed E-state index contributed by atoms with van der Waals surface area (Å²) in [5, 5.41) is 16.6. The second kappa shape index (κ2) is 5.57. The summed E-state index contributed by atoms with van der Waals surface area (Å²) >= 11 is 0. The number of hydrogen-bond donors (Lipinski definition) is 1. The molecule has 80 valence electrons. The predicted molar refractivity (Wildman–Crippen MR) is 48.9 cm³/mol. The molecule has 0 saturated carbocycles. The second-order valence-electron chi connectivity index (χ2n) is 2.55. The highest BCUT2D eigenvalue weighted by Gasteiger charge is 2.20. The molecule has 0 radical (unpaired) electrons. The second-order valence-corrected chi connectivity index (χ2v) is 4.52. The van der Waals surface area contributed by atoms with E-state index in [1.165, 1.54) is 6.07 Å². The van der Waals surface area contributed by atoms with Gasteiger partial charge in [-0.25, -0.2) is 12.7 Å². The Bertz CT molecular complexity index is 330. The van der Waals surface area contributed by atoms with Crippen LogP contribution in [-0.2, 0) is 14.8 Å². The van der Waals surface area contributed by atoms with Crippen LogP contribution in [0.1, 0.15) is 13.3 Å². The number of hydrogen-bond acceptors (Lipinski definition) is 4. The molecule has 0 aromatic carbocycles. The summed E-state index contributed by atoms with van der Waals surface area (Å²) in [7, 11) is -3.61. The van der Waals surface area contributed by atoms with Crippen molar-refractivity contribution in [1.82, 2.24) is 4.31 Å². The Labute approximate surface area is 82.8 Å². The SMILES string of the molecule is CCN(CCC(=O)O)S(=O)(=O)CC#N. The van der Waals surface area contributed by atoms with E-state index in [-0.39, 0.29) is 19.5 Å². The van der Waals surface area contributed by atoms with E-state index in [0.717, 1.165) is 4.31 Å². The van der Waals surface area contributed by atoms with Crippen molar-refractivity contribution in [1.29, 1.82) is 5.26 Å². The van der Waals surface area contributed by atoms with Crippen LogP contribution in [-0.4, -0.2) is 42.6 Å². The molecule has 0 heterocycles. The molecule has 14 heavy (non-hydrogen) atoms. The van der Waals surface area contributed by atoms with Crippen LogP contribution < -0.4 is 0 Å². The van der Waals surface area contributed by atoms with E-state index in [1.54, 1.807) is 6.92 Å². The summed E-state index contributed by atoms with van der Waals surface area (Å²) in [5.74, 6) is -1.67. The van der Waals surface area contributed by atoms with Gasteiger partial charge in [-0.1, -0.05) is 6.92 Å². The van der Waals surface area contributed by atoms with Crippen LogP contribution in [0.25, 0.3) is 0 Å². The lowest BCUT2D eigenvalue weighted by molar-refractivity contribution is -0.137. The molecule has 7 heteroatoms. The van der Waals surface area contributed by atoms with Crippen LogP contribution in [0.4, 0.5) is 0 Å². The Morgan fingerprint density at radius 1 is 1.57 bits per heavy atom. The lowest BCUT2D eigenvalue weighted by Crippen LogP contribution is -2.34. The van der Waals surface area contributed by atoms with E-state index in [0.29, 0.717) is 0 Å². The molecule has 0 aliphatic carbocycles. The van der Waals surface area contributed by atoms with Crippen molar-refractivity contribution >= 4 is 16.0 Å². The maximum Gasteiger partial charge on any atom is 0.304 e. The lowest BCUT2D eigenvalue weighted by atomic mass is 10.4. The molecule has 0 rings (SSSR count). The van der Waals surface area contributed by atoms with Gasteiger partial charge in [0.2, 0.25) is 10.0 Å². The van der Waals surface area contributed by atoms with Gasteiger partial charge in [0, 0.05) is 13.1 Å². The zero-order valence-electron chi connectivity index (χ0n) is 7.80. The zero-order valence-corrected chi connectivity index (χ0v) is 8.62. The highest BCUT2D eigenvalue weighted by molar-refractivity contribution is 7.89. The average molecular weight is 220 g/mol. The van der Waals surface area contributed by atoms with Crippen molar-refractivity contribution in [3.05, 3.63) is 0 Å². The summed E-state index contributed by atoms with van der Waals surface area (Å²) < 4.78 is 23.6. The first-order valence-corrected chi connectivity index (χ1v) is 5.61. The summed E-state index contributed by atoms with van der Waals surface area (Å²) in [6.45, 7) is 1.68. The Kier molecular flexibility index (Phi) is 5.12. The quantitative estimate of drug-likeness (QED) is 0.658. The fourth-order valence-electron chi connectivity index (χ4n) is 0.887. The van der Waals surface area contributed by atoms with Gasteiger partial charge < -0.3 is 5.11 Å². The first-order valence-electron chi connectivity index (χ1n) is 4.00. The number of aliphatic carboxylic acids is 1. The van der Waals surface area contributed by atoms with E-state index >= 15 is 0 Å². The van der Waals surface area contributed by atoms with Crippen LogP contribution in [0.3, 0.4) is 0 Å². The first kappa shape index (κ1) is 12.9. The number of nitrogens with zero attached hydrogens (tertiary/aromatic N) is 2. The predicted octanol–water partition coefficient (Wildman–Crippen LogP) is -0.364.